The largest absolute Gasteiger partial charge is 0.375 e. The second kappa shape index (κ2) is 4.30. The second-order valence-electron chi connectivity index (χ2n) is 6.20. The Morgan fingerprint density at radius 1 is 1.12 bits per heavy atom. The monoisotopic (exact) mass is 223 g/mol. The molecule has 3 aliphatic rings. The third-order valence-corrected chi connectivity index (χ3v) is 5.34. The van der Waals surface area contributed by atoms with Crippen molar-refractivity contribution in [2.45, 2.75) is 63.0 Å². The number of rotatable bonds is 2. The van der Waals surface area contributed by atoms with Crippen LogP contribution in [0.2, 0.25) is 0 Å². The summed E-state index contributed by atoms with van der Waals surface area (Å²) in [7, 11) is 2.12. The molecule has 1 heterocycles. The minimum Gasteiger partial charge on any atom is -0.375 e. The van der Waals surface area contributed by atoms with Crippen molar-refractivity contribution in [2.24, 2.45) is 11.8 Å². The molecule has 2 aliphatic carbocycles. The van der Waals surface area contributed by atoms with Gasteiger partial charge in [-0.05, 0) is 70.3 Å². The lowest BCUT2D eigenvalue weighted by molar-refractivity contribution is -0.149. The fourth-order valence-electron chi connectivity index (χ4n) is 4.09. The molecule has 2 saturated carbocycles. The average Bonchev–Trinajstić information content (AvgIpc) is 2.76. The van der Waals surface area contributed by atoms with E-state index < -0.39 is 0 Å². The van der Waals surface area contributed by atoms with Crippen molar-refractivity contribution in [2.75, 3.05) is 13.7 Å². The minimum absolute atomic E-state index is 0.348. The van der Waals surface area contributed by atoms with Gasteiger partial charge in [-0.1, -0.05) is 0 Å². The molecule has 0 radical (unpaired) electrons. The van der Waals surface area contributed by atoms with Crippen LogP contribution in [-0.2, 0) is 4.74 Å². The maximum atomic E-state index is 6.03. The molecule has 3 rings (SSSR count). The third kappa shape index (κ3) is 1.91. The van der Waals surface area contributed by atoms with E-state index in [1.165, 1.54) is 51.4 Å². The van der Waals surface area contributed by atoms with Crippen LogP contribution in [0.3, 0.4) is 0 Å². The summed E-state index contributed by atoms with van der Waals surface area (Å²) in [5.74, 6) is 1.95. The molecule has 1 spiro atoms. The van der Waals surface area contributed by atoms with E-state index in [0.717, 1.165) is 24.5 Å². The van der Waals surface area contributed by atoms with Gasteiger partial charge in [-0.25, -0.2) is 0 Å². The highest BCUT2D eigenvalue weighted by molar-refractivity contribution is 4.96. The Morgan fingerprint density at radius 3 is 2.62 bits per heavy atom. The normalized spacial score (nSPS) is 42.2. The van der Waals surface area contributed by atoms with Gasteiger partial charge >= 0.3 is 0 Å². The van der Waals surface area contributed by atoms with E-state index in [-0.39, 0.29) is 0 Å². The van der Waals surface area contributed by atoms with Crippen molar-refractivity contribution in [3.63, 3.8) is 0 Å². The molecule has 0 aromatic heterocycles. The minimum atomic E-state index is 0.348. The van der Waals surface area contributed by atoms with Crippen LogP contribution in [-0.4, -0.2) is 25.3 Å². The highest BCUT2D eigenvalue weighted by Crippen LogP contribution is 2.48. The standard InChI is InChI=1S/C14H25NO/c1-15-13-4-3-11(9-13)12-5-8-16-14(10-12)6-2-7-14/h11-13,15H,2-10H2,1H3. The van der Waals surface area contributed by atoms with Crippen LogP contribution in [0, 0.1) is 11.8 Å². The van der Waals surface area contributed by atoms with Crippen LogP contribution in [0.5, 0.6) is 0 Å². The van der Waals surface area contributed by atoms with Crippen molar-refractivity contribution in [1.82, 2.24) is 5.32 Å². The zero-order valence-electron chi connectivity index (χ0n) is 10.5. The van der Waals surface area contributed by atoms with E-state index in [4.69, 9.17) is 4.74 Å². The van der Waals surface area contributed by atoms with Crippen LogP contribution in [0.25, 0.3) is 0 Å². The first-order valence-corrected chi connectivity index (χ1v) is 7.12. The molecule has 2 nitrogen and oxygen atoms in total. The molecule has 1 aliphatic heterocycles. The predicted molar refractivity (Wildman–Crippen MR) is 65.4 cm³/mol. The second-order valence-corrected chi connectivity index (χ2v) is 6.20. The van der Waals surface area contributed by atoms with Gasteiger partial charge in [-0.15, -0.1) is 0 Å². The quantitative estimate of drug-likeness (QED) is 0.777. The van der Waals surface area contributed by atoms with Gasteiger partial charge < -0.3 is 10.1 Å². The molecule has 0 aromatic rings. The molecule has 1 N–H and O–H groups in total. The van der Waals surface area contributed by atoms with Gasteiger partial charge in [0.1, 0.15) is 0 Å². The van der Waals surface area contributed by atoms with Gasteiger partial charge in [-0.3, -0.25) is 0 Å². The zero-order valence-corrected chi connectivity index (χ0v) is 10.5. The average molecular weight is 223 g/mol. The van der Waals surface area contributed by atoms with Gasteiger partial charge in [-0.2, -0.15) is 0 Å². The summed E-state index contributed by atoms with van der Waals surface area (Å²) in [6.45, 7) is 1.03. The maximum absolute atomic E-state index is 6.03. The van der Waals surface area contributed by atoms with E-state index in [9.17, 15) is 0 Å². The molecular weight excluding hydrogens is 198 g/mol. The summed E-state index contributed by atoms with van der Waals surface area (Å²) < 4.78 is 6.03. The van der Waals surface area contributed by atoms with Crippen LogP contribution >= 0.6 is 0 Å². The zero-order chi connectivity index (χ0) is 11.0. The Kier molecular flexibility index (Phi) is 2.97. The van der Waals surface area contributed by atoms with Crippen molar-refractivity contribution in [3.05, 3.63) is 0 Å². The molecule has 0 amide bonds. The van der Waals surface area contributed by atoms with E-state index in [1.54, 1.807) is 0 Å². The van der Waals surface area contributed by atoms with Crippen LogP contribution in [0.4, 0.5) is 0 Å². The van der Waals surface area contributed by atoms with E-state index >= 15 is 0 Å². The highest BCUT2D eigenvalue weighted by Gasteiger charge is 2.45. The highest BCUT2D eigenvalue weighted by atomic mass is 16.5. The fraction of sp³-hybridized carbons (Fsp3) is 1.00. The predicted octanol–water partition coefficient (Wildman–Crippen LogP) is 2.72. The lowest BCUT2D eigenvalue weighted by atomic mass is 9.69. The summed E-state index contributed by atoms with van der Waals surface area (Å²) in [5.41, 5.74) is 0.348. The van der Waals surface area contributed by atoms with Crippen molar-refractivity contribution >= 4 is 0 Å². The van der Waals surface area contributed by atoms with Gasteiger partial charge in [0.25, 0.3) is 0 Å². The number of nitrogens with one attached hydrogen (secondary N) is 1. The molecule has 0 bridgehead atoms. The lowest BCUT2D eigenvalue weighted by Crippen LogP contribution is -2.46. The topological polar surface area (TPSA) is 21.3 Å². The van der Waals surface area contributed by atoms with E-state index in [1.807, 2.05) is 0 Å². The summed E-state index contributed by atoms with van der Waals surface area (Å²) in [6, 6.07) is 0.796. The molecule has 2 heteroatoms. The first-order chi connectivity index (χ1) is 7.81. The first kappa shape index (κ1) is 11.0. The Bertz CT molecular complexity index is 249. The Labute approximate surface area is 99.1 Å². The SMILES string of the molecule is CNC1CCC(C2CCOC3(CCC3)C2)C1. The summed E-state index contributed by atoms with van der Waals surface area (Å²) in [6.07, 6.45) is 11.0. The van der Waals surface area contributed by atoms with Crippen LogP contribution in [0.15, 0.2) is 0 Å². The fourth-order valence-corrected chi connectivity index (χ4v) is 4.09. The molecule has 92 valence electrons. The summed E-state index contributed by atoms with van der Waals surface area (Å²) in [5, 5.41) is 3.45. The number of ether oxygens (including phenoxy) is 1. The number of hydrogen-bond donors (Lipinski definition) is 1. The third-order valence-electron chi connectivity index (χ3n) is 5.34. The van der Waals surface area contributed by atoms with E-state index in [0.29, 0.717) is 5.60 Å². The van der Waals surface area contributed by atoms with Gasteiger partial charge in [0, 0.05) is 12.6 Å². The Morgan fingerprint density at radius 2 is 2.00 bits per heavy atom. The van der Waals surface area contributed by atoms with Crippen LogP contribution < -0.4 is 5.32 Å². The van der Waals surface area contributed by atoms with E-state index in [2.05, 4.69) is 12.4 Å². The van der Waals surface area contributed by atoms with Crippen molar-refractivity contribution in [1.29, 1.82) is 0 Å². The van der Waals surface area contributed by atoms with Gasteiger partial charge in [0.05, 0.1) is 5.60 Å². The smallest absolute Gasteiger partial charge is 0.0685 e. The van der Waals surface area contributed by atoms with Crippen molar-refractivity contribution in [3.8, 4) is 0 Å². The first-order valence-electron chi connectivity index (χ1n) is 7.12. The number of hydrogen-bond acceptors (Lipinski definition) is 2. The van der Waals surface area contributed by atoms with Crippen LogP contribution in [0.1, 0.15) is 51.4 Å². The molecule has 16 heavy (non-hydrogen) atoms. The summed E-state index contributed by atoms with van der Waals surface area (Å²) in [4.78, 5) is 0. The van der Waals surface area contributed by atoms with Gasteiger partial charge in [0.15, 0.2) is 0 Å². The van der Waals surface area contributed by atoms with Crippen molar-refractivity contribution < 1.29 is 4.74 Å². The molecule has 0 aromatic carbocycles. The Hall–Kier alpha value is -0.0800. The summed E-state index contributed by atoms with van der Waals surface area (Å²) >= 11 is 0. The maximum Gasteiger partial charge on any atom is 0.0685 e. The molecular formula is C14H25NO. The Balaban J connectivity index is 1.58. The molecule has 3 unspecified atom stereocenters. The molecule has 3 atom stereocenters. The molecule has 3 fully saturated rings. The lowest BCUT2D eigenvalue weighted by Gasteiger charge is -2.48. The molecule has 1 saturated heterocycles. The van der Waals surface area contributed by atoms with Gasteiger partial charge in [0.2, 0.25) is 0 Å².